The van der Waals surface area contributed by atoms with Crippen LogP contribution in [0, 0.1) is 5.92 Å². The van der Waals surface area contributed by atoms with Gasteiger partial charge >= 0.3 is 0 Å². The van der Waals surface area contributed by atoms with Gasteiger partial charge in [-0.1, -0.05) is 43.2 Å². The van der Waals surface area contributed by atoms with Gasteiger partial charge in [-0.3, -0.25) is 9.59 Å². The molecule has 32 heavy (non-hydrogen) atoms. The van der Waals surface area contributed by atoms with Crippen molar-refractivity contribution in [2.45, 2.75) is 51.0 Å². The molecule has 0 saturated heterocycles. The molecular formula is C26H27N3O3. The lowest BCUT2D eigenvalue weighted by Crippen LogP contribution is -2.24. The van der Waals surface area contributed by atoms with Crippen molar-refractivity contribution in [3.8, 4) is 11.5 Å². The number of hydrogen-bond donors (Lipinski definition) is 2. The predicted molar refractivity (Wildman–Crippen MR) is 122 cm³/mol. The fraction of sp³-hybridized carbons (Fsp3) is 0.346. The van der Waals surface area contributed by atoms with Crippen molar-refractivity contribution < 1.29 is 14.0 Å². The Balaban J connectivity index is 1.26. The molecule has 5 rings (SSSR count). The number of hydrogen-bond acceptors (Lipinski definition) is 4. The summed E-state index contributed by atoms with van der Waals surface area (Å²) in [5, 5.41) is 5.98. The maximum atomic E-state index is 12.9. The quantitative estimate of drug-likeness (QED) is 0.535. The standard InChI is InChI=1S/C26H27N3O3/c30-24(19-8-4-5-9-19)28-21-12-6-7-17(15-21)16-27-25(31)22-23(18-13-14-18)32-26(29-22)20-10-2-1-3-11-20/h1-3,6-7,10-12,15,18-19H,4-5,8-9,13-14,16H2,(H,27,31)(H,28,30). The van der Waals surface area contributed by atoms with Crippen molar-refractivity contribution in [3.05, 3.63) is 71.6 Å². The van der Waals surface area contributed by atoms with E-state index in [4.69, 9.17) is 4.42 Å². The summed E-state index contributed by atoms with van der Waals surface area (Å²) in [7, 11) is 0. The maximum Gasteiger partial charge on any atom is 0.273 e. The molecule has 2 aliphatic rings. The number of aromatic nitrogens is 1. The Bertz CT molecular complexity index is 1110. The van der Waals surface area contributed by atoms with Crippen molar-refractivity contribution >= 4 is 17.5 Å². The Kier molecular flexibility index (Phi) is 5.75. The highest BCUT2D eigenvalue weighted by Gasteiger charge is 2.34. The Hall–Kier alpha value is -3.41. The fourth-order valence-electron chi connectivity index (χ4n) is 4.28. The van der Waals surface area contributed by atoms with Crippen LogP contribution in [0.5, 0.6) is 0 Å². The first-order valence-electron chi connectivity index (χ1n) is 11.4. The lowest BCUT2D eigenvalue weighted by molar-refractivity contribution is -0.119. The van der Waals surface area contributed by atoms with Crippen LogP contribution in [0.15, 0.2) is 59.0 Å². The van der Waals surface area contributed by atoms with E-state index in [1.807, 2.05) is 54.6 Å². The van der Waals surface area contributed by atoms with Gasteiger partial charge in [-0.05, 0) is 55.5 Å². The summed E-state index contributed by atoms with van der Waals surface area (Å²) in [5.41, 5.74) is 2.92. The highest BCUT2D eigenvalue weighted by Crippen LogP contribution is 2.43. The minimum Gasteiger partial charge on any atom is -0.440 e. The second-order valence-electron chi connectivity index (χ2n) is 8.73. The third kappa shape index (κ3) is 4.59. The number of carbonyl (C=O) groups is 2. The van der Waals surface area contributed by atoms with E-state index >= 15 is 0 Å². The Morgan fingerprint density at radius 3 is 2.50 bits per heavy atom. The third-order valence-electron chi connectivity index (χ3n) is 6.21. The van der Waals surface area contributed by atoms with Crippen LogP contribution in [0.25, 0.3) is 11.5 Å². The Morgan fingerprint density at radius 1 is 0.969 bits per heavy atom. The SMILES string of the molecule is O=C(NCc1cccc(NC(=O)C2CCCC2)c1)c1nc(-c2ccccc2)oc1C1CC1. The Labute approximate surface area is 187 Å². The molecule has 0 radical (unpaired) electrons. The van der Waals surface area contributed by atoms with Gasteiger partial charge in [-0.25, -0.2) is 4.98 Å². The molecule has 2 fully saturated rings. The van der Waals surface area contributed by atoms with E-state index in [0.29, 0.717) is 23.9 Å². The minimum absolute atomic E-state index is 0.0915. The second-order valence-corrected chi connectivity index (χ2v) is 8.73. The molecule has 0 unspecified atom stereocenters. The summed E-state index contributed by atoms with van der Waals surface area (Å²) in [6, 6.07) is 17.3. The van der Waals surface area contributed by atoms with Crippen LogP contribution in [-0.4, -0.2) is 16.8 Å². The smallest absolute Gasteiger partial charge is 0.273 e. The van der Waals surface area contributed by atoms with Gasteiger partial charge in [0.1, 0.15) is 5.76 Å². The van der Waals surface area contributed by atoms with Crippen LogP contribution in [0.1, 0.15) is 66.3 Å². The molecule has 0 aliphatic heterocycles. The molecule has 1 heterocycles. The van der Waals surface area contributed by atoms with Gasteiger partial charge < -0.3 is 15.1 Å². The first-order valence-corrected chi connectivity index (χ1v) is 11.4. The highest BCUT2D eigenvalue weighted by molar-refractivity contribution is 5.94. The van der Waals surface area contributed by atoms with Gasteiger partial charge in [0.25, 0.3) is 5.91 Å². The second kappa shape index (κ2) is 8.99. The number of nitrogens with one attached hydrogen (secondary N) is 2. The molecule has 164 valence electrons. The van der Waals surface area contributed by atoms with E-state index in [2.05, 4.69) is 15.6 Å². The van der Waals surface area contributed by atoms with E-state index in [-0.39, 0.29) is 23.7 Å². The van der Waals surface area contributed by atoms with Crippen LogP contribution in [0.3, 0.4) is 0 Å². The predicted octanol–water partition coefficient (Wildman–Crippen LogP) is 5.28. The van der Waals surface area contributed by atoms with E-state index in [1.165, 1.54) is 0 Å². The monoisotopic (exact) mass is 429 g/mol. The van der Waals surface area contributed by atoms with Crippen LogP contribution in [0.4, 0.5) is 5.69 Å². The van der Waals surface area contributed by atoms with Gasteiger partial charge in [-0.2, -0.15) is 0 Å². The molecule has 2 N–H and O–H groups in total. The zero-order valence-electron chi connectivity index (χ0n) is 18.0. The molecule has 2 amide bonds. The third-order valence-corrected chi connectivity index (χ3v) is 6.21. The molecule has 3 aromatic rings. The zero-order valence-corrected chi connectivity index (χ0v) is 18.0. The molecule has 2 saturated carbocycles. The topological polar surface area (TPSA) is 84.2 Å². The van der Waals surface area contributed by atoms with Crippen molar-refractivity contribution in [1.29, 1.82) is 0 Å². The summed E-state index contributed by atoms with van der Waals surface area (Å²) in [6.07, 6.45) is 6.22. The number of rotatable bonds is 7. The number of amides is 2. The largest absolute Gasteiger partial charge is 0.440 e. The zero-order chi connectivity index (χ0) is 21.9. The van der Waals surface area contributed by atoms with E-state index < -0.39 is 0 Å². The molecule has 6 nitrogen and oxygen atoms in total. The molecule has 2 aliphatic carbocycles. The highest BCUT2D eigenvalue weighted by atomic mass is 16.4. The van der Waals surface area contributed by atoms with Crippen LogP contribution >= 0.6 is 0 Å². The first-order chi connectivity index (χ1) is 15.7. The summed E-state index contributed by atoms with van der Waals surface area (Å²) >= 11 is 0. The van der Waals surface area contributed by atoms with Gasteiger partial charge in [0.15, 0.2) is 5.69 Å². The van der Waals surface area contributed by atoms with Crippen molar-refractivity contribution in [1.82, 2.24) is 10.3 Å². The summed E-state index contributed by atoms with van der Waals surface area (Å²) < 4.78 is 5.99. The van der Waals surface area contributed by atoms with Crippen molar-refractivity contribution in [2.75, 3.05) is 5.32 Å². The number of anilines is 1. The van der Waals surface area contributed by atoms with Gasteiger partial charge in [-0.15, -0.1) is 0 Å². The van der Waals surface area contributed by atoms with E-state index in [9.17, 15) is 9.59 Å². The number of benzene rings is 2. The van der Waals surface area contributed by atoms with E-state index in [1.54, 1.807) is 0 Å². The van der Waals surface area contributed by atoms with Crippen LogP contribution in [-0.2, 0) is 11.3 Å². The van der Waals surface area contributed by atoms with Crippen molar-refractivity contribution in [3.63, 3.8) is 0 Å². The lowest BCUT2D eigenvalue weighted by Gasteiger charge is -2.11. The number of oxazole rings is 1. The molecule has 0 spiro atoms. The van der Waals surface area contributed by atoms with Gasteiger partial charge in [0.2, 0.25) is 11.8 Å². The summed E-state index contributed by atoms with van der Waals surface area (Å²) in [5.74, 6) is 1.40. The van der Waals surface area contributed by atoms with Gasteiger partial charge in [0.05, 0.1) is 0 Å². The van der Waals surface area contributed by atoms with Crippen molar-refractivity contribution in [2.24, 2.45) is 5.92 Å². The molecule has 0 bridgehead atoms. The molecule has 2 aromatic carbocycles. The first kappa shape index (κ1) is 20.5. The normalized spacial score (nSPS) is 16.1. The number of carbonyl (C=O) groups excluding carboxylic acids is 2. The Morgan fingerprint density at radius 2 is 1.75 bits per heavy atom. The van der Waals surface area contributed by atoms with Crippen LogP contribution < -0.4 is 10.6 Å². The van der Waals surface area contributed by atoms with Crippen LogP contribution in [0.2, 0.25) is 0 Å². The number of nitrogens with zero attached hydrogens (tertiary/aromatic N) is 1. The fourth-order valence-corrected chi connectivity index (χ4v) is 4.28. The summed E-state index contributed by atoms with van der Waals surface area (Å²) in [6.45, 7) is 0.351. The van der Waals surface area contributed by atoms with E-state index in [0.717, 1.165) is 55.3 Å². The average molecular weight is 430 g/mol. The van der Waals surface area contributed by atoms with Gasteiger partial charge in [0, 0.05) is 29.6 Å². The molecular weight excluding hydrogens is 402 g/mol. The lowest BCUT2D eigenvalue weighted by atomic mass is 10.1. The molecule has 1 aromatic heterocycles. The maximum absolute atomic E-state index is 12.9. The molecule has 6 heteroatoms. The minimum atomic E-state index is -0.238. The average Bonchev–Trinajstić information content (AvgIpc) is 3.33. The summed E-state index contributed by atoms with van der Waals surface area (Å²) in [4.78, 5) is 29.9. The molecule has 0 atom stereocenters.